The normalized spacial score (nSPS) is 16.8. The third kappa shape index (κ3) is 1.49. The predicted molar refractivity (Wildman–Crippen MR) is 31.9 cm³/mol. The number of nitrogens with zero attached hydrogens (tertiary/aromatic N) is 1. The molecule has 0 aliphatic heterocycles. The Kier molecular flexibility index (Phi) is 2.46. The van der Waals surface area contributed by atoms with Crippen molar-refractivity contribution in [3.05, 3.63) is 0 Å². The van der Waals surface area contributed by atoms with Gasteiger partial charge in [0.05, 0.1) is 6.07 Å². The summed E-state index contributed by atoms with van der Waals surface area (Å²) in [5.74, 6) is 0. The van der Waals surface area contributed by atoms with E-state index in [1.807, 2.05) is 13.0 Å². The molecule has 0 aromatic carbocycles. The van der Waals surface area contributed by atoms with Crippen LogP contribution in [0.5, 0.6) is 0 Å². The van der Waals surface area contributed by atoms with Crippen LogP contribution in [0.3, 0.4) is 0 Å². The monoisotopic (exact) mass is 113 g/mol. The van der Waals surface area contributed by atoms with Crippen LogP contribution in [0, 0.1) is 11.3 Å². The number of nitriles is 1. The van der Waals surface area contributed by atoms with Gasteiger partial charge in [0.15, 0.2) is 0 Å². The summed E-state index contributed by atoms with van der Waals surface area (Å²) in [6, 6.07) is 1.93. The summed E-state index contributed by atoms with van der Waals surface area (Å²) >= 11 is 0. The first kappa shape index (κ1) is 7.41. The first-order chi connectivity index (χ1) is 3.68. The van der Waals surface area contributed by atoms with E-state index in [0.29, 0.717) is 6.42 Å². The van der Waals surface area contributed by atoms with Crippen molar-refractivity contribution in [2.75, 3.05) is 6.54 Å². The lowest BCUT2D eigenvalue weighted by atomic mass is 10.0. The van der Waals surface area contributed by atoms with Crippen molar-refractivity contribution in [3.63, 3.8) is 0 Å². The van der Waals surface area contributed by atoms with Crippen LogP contribution in [0.1, 0.15) is 13.3 Å². The summed E-state index contributed by atoms with van der Waals surface area (Å²) < 4.78 is 0. The zero-order chi connectivity index (χ0) is 6.62. The van der Waals surface area contributed by atoms with Crippen molar-refractivity contribution >= 4 is 0 Å². The molecule has 3 heteroatoms. The molecule has 0 saturated carbocycles. The summed E-state index contributed by atoms with van der Waals surface area (Å²) in [6.07, 6.45) is 0.611. The van der Waals surface area contributed by atoms with E-state index in [-0.39, 0.29) is 6.54 Å². The average molecular weight is 113 g/mol. The van der Waals surface area contributed by atoms with Crippen LogP contribution in [0.25, 0.3) is 0 Å². The van der Waals surface area contributed by atoms with Crippen molar-refractivity contribution in [2.24, 2.45) is 11.5 Å². The highest BCUT2D eigenvalue weighted by Gasteiger charge is 2.18. The minimum Gasteiger partial charge on any atom is -0.328 e. The Balaban J connectivity index is 3.83. The smallest absolute Gasteiger partial charge is 0.116 e. The average Bonchev–Trinajstić information content (AvgIpc) is 1.87. The summed E-state index contributed by atoms with van der Waals surface area (Å²) in [5, 5.41) is 8.33. The SMILES string of the molecule is CCC(N)(C#N)CN. The molecule has 0 aromatic heterocycles. The summed E-state index contributed by atoms with van der Waals surface area (Å²) in [5.41, 5.74) is 9.80. The molecule has 8 heavy (non-hydrogen) atoms. The highest BCUT2D eigenvalue weighted by atomic mass is 14.8. The molecule has 0 aliphatic carbocycles. The second kappa shape index (κ2) is 2.65. The minimum absolute atomic E-state index is 0.236. The first-order valence-electron chi connectivity index (χ1n) is 2.58. The topological polar surface area (TPSA) is 75.8 Å². The molecule has 0 spiro atoms. The van der Waals surface area contributed by atoms with Crippen molar-refractivity contribution in [2.45, 2.75) is 18.9 Å². The van der Waals surface area contributed by atoms with Gasteiger partial charge in [-0.3, -0.25) is 0 Å². The highest BCUT2D eigenvalue weighted by molar-refractivity contribution is 5.04. The van der Waals surface area contributed by atoms with Crippen LogP contribution in [0.2, 0.25) is 0 Å². The fraction of sp³-hybridized carbons (Fsp3) is 0.800. The molecule has 0 bridgehead atoms. The molecular weight excluding hydrogens is 102 g/mol. The fourth-order valence-electron chi connectivity index (χ4n) is 0.269. The zero-order valence-corrected chi connectivity index (χ0v) is 5.02. The second-order valence-corrected chi connectivity index (χ2v) is 1.83. The van der Waals surface area contributed by atoms with Gasteiger partial charge in [-0.25, -0.2) is 0 Å². The molecule has 3 nitrogen and oxygen atoms in total. The van der Waals surface area contributed by atoms with Gasteiger partial charge in [-0.15, -0.1) is 0 Å². The van der Waals surface area contributed by atoms with E-state index in [0.717, 1.165) is 0 Å². The van der Waals surface area contributed by atoms with E-state index in [1.54, 1.807) is 0 Å². The molecule has 46 valence electrons. The van der Waals surface area contributed by atoms with Crippen LogP contribution in [-0.4, -0.2) is 12.1 Å². The van der Waals surface area contributed by atoms with Gasteiger partial charge in [-0.05, 0) is 6.42 Å². The Morgan fingerprint density at radius 1 is 1.75 bits per heavy atom. The molecule has 0 fully saturated rings. The second-order valence-electron chi connectivity index (χ2n) is 1.83. The third-order valence-electron chi connectivity index (χ3n) is 1.22. The number of hydrogen-bond donors (Lipinski definition) is 2. The largest absolute Gasteiger partial charge is 0.328 e. The quantitative estimate of drug-likeness (QED) is 0.510. The van der Waals surface area contributed by atoms with Crippen LogP contribution in [0.4, 0.5) is 0 Å². The van der Waals surface area contributed by atoms with E-state index in [4.69, 9.17) is 16.7 Å². The number of rotatable bonds is 2. The highest BCUT2D eigenvalue weighted by Crippen LogP contribution is 1.99. The maximum absolute atomic E-state index is 8.33. The predicted octanol–water partition coefficient (Wildman–Crippen LogP) is -0.424. The number of nitrogens with two attached hydrogens (primary N) is 2. The lowest BCUT2D eigenvalue weighted by Gasteiger charge is -2.14. The van der Waals surface area contributed by atoms with E-state index in [1.165, 1.54) is 0 Å². The van der Waals surface area contributed by atoms with Gasteiger partial charge in [0.25, 0.3) is 0 Å². The maximum atomic E-state index is 8.33. The molecule has 0 rings (SSSR count). The summed E-state index contributed by atoms with van der Waals surface area (Å²) in [7, 11) is 0. The molecule has 0 radical (unpaired) electrons. The first-order valence-corrected chi connectivity index (χ1v) is 2.58. The molecule has 1 unspecified atom stereocenters. The Bertz CT molecular complexity index is 98.7. The zero-order valence-electron chi connectivity index (χ0n) is 5.02. The fourth-order valence-corrected chi connectivity index (χ4v) is 0.269. The van der Waals surface area contributed by atoms with E-state index < -0.39 is 5.54 Å². The van der Waals surface area contributed by atoms with E-state index in [2.05, 4.69) is 0 Å². The van der Waals surface area contributed by atoms with Crippen molar-refractivity contribution < 1.29 is 0 Å². The Morgan fingerprint density at radius 3 is 2.25 bits per heavy atom. The molecule has 0 aromatic rings. The van der Waals surface area contributed by atoms with Crippen LogP contribution >= 0.6 is 0 Å². The molecule has 0 aliphatic rings. The minimum atomic E-state index is -0.792. The third-order valence-corrected chi connectivity index (χ3v) is 1.22. The van der Waals surface area contributed by atoms with Gasteiger partial charge in [0.2, 0.25) is 0 Å². The standard InChI is InChI=1S/C5H11N3/c1-2-5(8,3-6)4-7/h2-3,6,8H2,1H3. The molecule has 0 amide bonds. The van der Waals surface area contributed by atoms with E-state index >= 15 is 0 Å². The van der Waals surface area contributed by atoms with Gasteiger partial charge >= 0.3 is 0 Å². The summed E-state index contributed by atoms with van der Waals surface area (Å²) in [4.78, 5) is 0. The molecule has 0 heterocycles. The van der Waals surface area contributed by atoms with Gasteiger partial charge in [0.1, 0.15) is 5.54 Å². The van der Waals surface area contributed by atoms with Gasteiger partial charge in [-0.1, -0.05) is 6.92 Å². The Morgan fingerprint density at radius 2 is 2.25 bits per heavy atom. The van der Waals surface area contributed by atoms with Crippen LogP contribution < -0.4 is 11.5 Å². The van der Waals surface area contributed by atoms with Crippen molar-refractivity contribution in [1.29, 1.82) is 5.26 Å². The molecule has 0 saturated heterocycles. The number of hydrogen-bond acceptors (Lipinski definition) is 3. The van der Waals surface area contributed by atoms with Crippen LogP contribution in [0.15, 0.2) is 0 Å². The Hall–Kier alpha value is -0.590. The Labute approximate surface area is 49.3 Å². The van der Waals surface area contributed by atoms with Gasteiger partial charge in [0, 0.05) is 6.54 Å². The molecule has 1 atom stereocenters. The van der Waals surface area contributed by atoms with Gasteiger partial charge in [-0.2, -0.15) is 5.26 Å². The summed E-state index contributed by atoms with van der Waals surface area (Å²) in [6.45, 7) is 2.08. The lowest BCUT2D eigenvalue weighted by Crippen LogP contribution is -2.44. The van der Waals surface area contributed by atoms with Gasteiger partial charge < -0.3 is 11.5 Å². The van der Waals surface area contributed by atoms with Crippen molar-refractivity contribution in [3.8, 4) is 6.07 Å². The van der Waals surface area contributed by atoms with Crippen LogP contribution in [-0.2, 0) is 0 Å². The van der Waals surface area contributed by atoms with Crippen molar-refractivity contribution in [1.82, 2.24) is 0 Å². The lowest BCUT2D eigenvalue weighted by molar-refractivity contribution is 0.535. The maximum Gasteiger partial charge on any atom is 0.116 e. The molecule has 4 N–H and O–H groups in total. The molecular formula is C5H11N3. The van der Waals surface area contributed by atoms with E-state index in [9.17, 15) is 0 Å².